The van der Waals surface area contributed by atoms with Crippen molar-refractivity contribution in [3.8, 4) is 0 Å². The Morgan fingerprint density at radius 3 is 2.29 bits per heavy atom. The van der Waals surface area contributed by atoms with E-state index in [9.17, 15) is 18.4 Å². The molecule has 0 radical (unpaired) electrons. The normalized spacial score (nSPS) is 22.1. The van der Waals surface area contributed by atoms with Crippen LogP contribution in [0.15, 0.2) is 6.20 Å². The Labute approximate surface area is 209 Å². The summed E-state index contributed by atoms with van der Waals surface area (Å²) in [5.41, 5.74) is 0. The number of aromatic nitrogens is 1. The molecule has 2 aliphatic carbocycles. The summed E-state index contributed by atoms with van der Waals surface area (Å²) < 4.78 is 22.9. The van der Waals surface area contributed by atoms with E-state index in [1.54, 1.807) is 4.90 Å². The molecule has 2 fully saturated rings. The first-order valence-electron chi connectivity index (χ1n) is 12.5. The van der Waals surface area contributed by atoms with Gasteiger partial charge in [-0.1, -0.05) is 37.5 Å². The molecule has 9 nitrogen and oxygen atoms in total. The maximum Gasteiger partial charge on any atom is 0.324 e. The number of thiazole rings is 1. The largest absolute Gasteiger partial charge is 0.342 e. The summed E-state index contributed by atoms with van der Waals surface area (Å²) in [5, 5.41) is 3.69. The van der Waals surface area contributed by atoms with E-state index in [1.807, 2.05) is 13.8 Å². The average Bonchev–Trinajstić information content (AvgIpc) is 3.28. The monoisotopic (exact) mass is 513 g/mol. The Bertz CT molecular complexity index is 833. The molecule has 0 bridgehead atoms. The summed E-state index contributed by atoms with van der Waals surface area (Å²) in [5.74, 6) is 0.472. The number of urea groups is 1. The summed E-state index contributed by atoms with van der Waals surface area (Å²) in [6.45, 7) is 6.85. The van der Waals surface area contributed by atoms with E-state index < -0.39 is 11.3 Å². The highest BCUT2D eigenvalue weighted by atomic mass is 32.2. The quantitative estimate of drug-likeness (QED) is 0.466. The van der Waals surface area contributed by atoms with Crippen LogP contribution < -0.4 is 9.62 Å². The zero-order valence-electron chi connectivity index (χ0n) is 20.6. The van der Waals surface area contributed by atoms with Crippen LogP contribution in [0.1, 0.15) is 78.6 Å². The third kappa shape index (κ3) is 6.91. The van der Waals surface area contributed by atoms with Crippen molar-refractivity contribution < 1.29 is 18.4 Å². The molecular formula is C23H39N5O4S2. The third-order valence-electron chi connectivity index (χ3n) is 7.12. The van der Waals surface area contributed by atoms with Gasteiger partial charge in [-0.2, -0.15) is 0 Å². The van der Waals surface area contributed by atoms with E-state index in [0.29, 0.717) is 29.1 Å². The molecule has 2 N–H and O–H groups in total. The molecule has 1 aromatic heterocycles. The molecular weight excluding hydrogens is 474 g/mol. The van der Waals surface area contributed by atoms with Gasteiger partial charge in [0.1, 0.15) is 11.5 Å². The molecule has 0 saturated heterocycles. The third-order valence-corrected chi connectivity index (χ3v) is 8.87. The number of amides is 3. The van der Waals surface area contributed by atoms with Gasteiger partial charge >= 0.3 is 6.03 Å². The maximum atomic E-state index is 13.4. The molecule has 11 heteroatoms. The van der Waals surface area contributed by atoms with E-state index in [2.05, 4.69) is 22.1 Å². The van der Waals surface area contributed by atoms with E-state index in [-0.39, 0.29) is 30.6 Å². The van der Waals surface area contributed by atoms with Crippen molar-refractivity contribution in [1.29, 1.82) is 0 Å². The molecule has 1 atom stereocenters. The molecule has 2 aliphatic rings. The van der Waals surface area contributed by atoms with Crippen LogP contribution in [0.2, 0.25) is 0 Å². The van der Waals surface area contributed by atoms with Crippen molar-refractivity contribution in [1.82, 2.24) is 14.8 Å². The van der Waals surface area contributed by atoms with Crippen molar-refractivity contribution in [2.75, 3.05) is 29.3 Å². The molecule has 2 saturated carbocycles. The SMILES string of the molecule is CCN(CC)C(=O)CN(c1cnc(NC(=O)N(C2CCCCC2)C2CCC(C)CC2)s1)S(=O)O. The van der Waals surface area contributed by atoms with Gasteiger partial charge in [0.25, 0.3) is 11.3 Å². The van der Waals surface area contributed by atoms with Crippen molar-refractivity contribution in [3.05, 3.63) is 6.20 Å². The first-order valence-corrected chi connectivity index (χ1v) is 14.4. The number of rotatable bonds is 9. The standard InChI is InChI=1S/C23H39N5O4S2/c1-4-26(5-2)20(29)16-27(34(31)32)21-15-24-22(33-21)25-23(30)28(18-9-7-6-8-10-18)19-13-11-17(3)12-14-19/h15,17-19H,4-14,16H2,1-3H3,(H,31,32)(H,24,25,30). The molecule has 1 aromatic rings. The molecule has 0 aliphatic heterocycles. The zero-order valence-corrected chi connectivity index (χ0v) is 22.2. The smallest absolute Gasteiger partial charge is 0.324 e. The maximum absolute atomic E-state index is 13.4. The zero-order chi connectivity index (χ0) is 24.7. The lowest BCUT2D eigenvalue weighted by Crippen LogP contribution is -2.51. The first-order chi connectivity index (χ1) is 16.3. The minimum absolute atomic E-state index is 0.136. The van der Waals surface area contributed by atoms with E-state index in [1.165, 1.54) is 12.6 Å². The van der Waals surface area contributed by atoms with Gasteiger partial charge in [-0.15, -0.1) is 0 Å². The molecule has 1 unspecified atom stereocenters. The number of anilines is 2. The van der Waals surface area contributed by atoms with Crippen LogP contribution in [-0.2, 0) is 16.1 Å². The highest BCUT2D eigenvalue weighted by Gasteiger charge is 2.34. The van der Waals surface area contributed by atoms with Gasteiger partial charge in [0.2, 0.25) is 5.91 Å². The number of carbonyl (C=O) groups excluding carboxylic acids is 2. The summed E-state index contributed by atoms with van der Waals surface area (Å²) in [7, 11) is 0. The second kappa shape index (κ2) is 12.8. The molecule has 0 aromatic carbocycles. The van der Waals surface area contributed by atoms with E-state index in [4.69, 9.17) is 0 Å². The minimum atomic E-state index is -2.38. The minimum Gasteiger partial charge on any atom is -0.342 e. The van der Waals surface area contributed by atoms with Crippen molar-refractivity contribution in [3.63, 3.8) is 0 Å². The number of carbonyl (C=O) groups is 2. The average molecular weight is 514 g/mol. The molecule has 3 amide bonds. The predicted molar refractivity (Wildman–Crippen MR) is 137 cm³/mol. The van der Waals surface area contributed by atoms with Crippen LogP contribution in [0.4, 0.5) is 14.9 Å². The second-order valence-electron chi connectivity index (χ2n) is 9.38. The van der Waals surface area contributed by atoms with Crippen LogP contribution in [0.5, 0.6) is 0 Å². The van der Waals surface area contributed by atoms with Gasteiger partial charge in [0.05, 0.1) is 6.20 Å². The van der Waals surface area contributed by atoms with Crippen molar-refractivity contribution >= 4 is 44.7 Å². The van der Waals surface area contributed by atoms with Crippen LogP contribution in [-0.4, -0.2) is 67.2 Å². The van der Waals surface area contributed by atoms with Gasteiger partial charge in [0, 0.05) is 25.2 Å². The number of nitrogens with one attached hydrogen (secondary N) is 1. The van der Waals surface area contributed by atoms with Crippen molar-refractivity contribution in [2.45, 2.75) is 90.6 Å². The summed E-state index contributed by atoms with van der Waals surface area (Å²) in [6, 6.07) is 0.356. The fourth-order valence-corrected chi connectivity index (χ4v) is 6.55. The van der Waals surface area contributed by atoms with Crippen molar-refractivity contribution in [2.24, 2.45) is 5.92 Å². The fourth-order valence-electron chi connectivity index (χ4n) is 5.11. The molecule has 0 spiro atoms. The lowest BCUT2D eigenvalue weighted by Gasteiger charge is -2.42. The van der Waals surface area contributed by atoms with Gasteiger partial charge in [-0.3, -0.25) is 14.7 Å². The molecule has 1 heterocycles. The fraction of sp³-hybridized carbons (Fsp3) is 0.783. The Morgan fingerprint density at radius 1 is 1.09 bits per heavy atom. The van der Waals surface area contributed by atoms with Gasteiger partial charge < -0.3 is 9.80 Å². The second-order valence-corrected chi connectivity index (χ2v) is 11.3. The Balaban J connectivity index is 1.71. The lowest BCUT2D eigenvalue weighted by atomic mass is 9.84. The summed E-state index contributed by atoms with van der Waals surface area (Å²) in [6.07, 6.45) is 11.4. The lowest BCUT2D eigenvalue weighted by molar-refractivity contribution is -0.129. The van der Waals surface area contributed by atoms with Gasteiger partial charge in [0.15, 0.2) is 5.13 Å². The van der Waals surface area contributed by atoms with Gasteiger partial charge in [-0.25, -0.2) is 18.3 Å². The topological polar surface area (TPSA) is 106 Å². The van der Waals surface area contributed by atoms with E-state index >= 15 is 0 Å². The highest BCUT2D eigenvalue weighted by Crippen LogP contribution is 2.34. The summed E-state index contributed by atoms with van der Waals surface area (Å²) in [4.78, 5) is 33.9. The van der Waals surface area contributed by atoms with Crippen LogP contribution in [0.25, 0.3) is 0 Å². The Hall–Kier alpha value is -1.72. The van der Waals surface area contributed by atoms with E-state index in [0.717, 1.165) is 67.0 Å². The van der Waals surface area contributed by atoms with Crippen LogP contribution in [0.3, 0.4) is 0 Å². The predicted octanol–water partition coefficient (Wildman–Crippen LogP) is 4.70. The molecule has 3 rings (SSSR count). The number of hydrogen-bond acceptors (Lipinski definition) is 5. The summed E-state index contributed by atoms with van der Waals surface area (Å²) >= 11 is -1.27. The number of nitrogens with zero attached hydrogens (tertiary/aromatic N) is 4. The Kier molecular flexibility index (Phi) is 10.1. The highest BCUT2D eigenvalue weighted by molar-refractivity contribution is 7.81. The van der Waals surface area contributed by atoms with Crippen LogP contribution in [0, 0.1) is 5.92 Å². The number of likely N-dealkylation sites (N-methyl/N-ethyl adjacent to an activating group) is 1. The molecule has 34 heavy (non-hydrogen) atoms. The molecule has 192 valence electrons. The van der Waals surface area contributed by atoms with Crippen LogP contribution >= 0.6 is 11.3 Å². The number of hydrogen-bond donors (Lipinski definition) is 2. The first kappa shape index (κ1) is 26.9. The van der Waals surface area contributed by atoms with Gasteiger partial charge in [-0.05, 0) is 58.3 Å². The Morgan fingerprint density at radius 2 is 1.71 bits per heavy atom.